The van der Waals surface area contributed by atoms with E-state index in [0.717, 1.165) is 25.8 Å². The average molecular weight is 244 g/mol. The Balaban J connectivity index is 2.22. The summed E-state index contributed by atoms with van der Waals surface area (Å²) in [7, 11) is 0. The zero-order valence-corrected chi connectivity index (χ0v) is 10.1. The fraction of sp³-hybridized carbons (Fsp3) is 0.818. The highest BCUT2D eigenvalue weighted by Crippen LogP contribution is 2.22. The monoisotopic (exact) mass is 244 g/mol. The summed E-state index contributed by atoms with van der Waals surface area (Å²) >= 11 is 0. The van der Waals surface area contributed by atoms with Gasteiger partial charge in [-0.1, -0.05) is 6.92 Å². The van der Waals surface area contributed by atoms with Gasteiger partial charge in [-0.25, -0.2) is 4.79 Å². The van der Waals surface area contributed by atoms with Gasteiger partial charge in [0.1, 0.15) is 6.61 Å². The molecule has 98 valence electrons. The summed E-state index contributed by atoms with van der Waals surface area (Å²) in [6.07, 6.45) is 2.62. The summed E-state index contributed by atoms with van der Waals surface area (Å²) < 4.78 is 4.84. The van der Waals surface area contributed by atoms with Crippen molar-refractivity contribution in [3.05, 3.63) is 0 Å². The van der Waals surface area contributed by atoms with Gasteiger partial charge in [0.15, 0.2) is 0 Å². The summed E-state index contributed by atoms with van der Waals surface area (Å²) in [6, 6.07) is 0. The second-order valence-corrected chi connectivity index (χ2v) is 4.17. The molecule has 3 N–H and O–H groups in total. The maximum absolute atomic E-state index is 11.9. The number of carbonyl (C=O) groups excluding carboxylic acids is 1. The number of hydrogen-bond acceptors (Lipinski definition) is 4. The average Bonchev–Trinajstić information content (AvgIpc) is 2.77. The van der Waals surface area contributed by atoms with E-state index in [1.165, 1.54) is 0 Å². The molecule has 0 aliphatic carbocycles. The first-order chi connectivity index (χ1) is 8.10. The van der Waals surface area contributed by atoms with Crippen molar-refractivity contribution in [3.63, 3.8) is 0 Å². The van der Waals surface area contributed by atoms with Gasteiger partial charge in [-0.2, -0.15) is 0 Å². The Morgan fingerprint density at radius 1 is 1.53 bits per heavy atom. The SMILES string of the molecule is CCC1(C(=O)NCCOCC(=O)O)CCCN1. The van der Waals surface area contributed by atoms with Crippen molar-refractivity contribution in [2.45, 2.75) is 31.7 Å². The summed E-state index contributed by atoms with van der Waals surface area (Å²) in [6.45, 7) is 3.09. The van der Waals surface area contributed by atoms with Crippen LogP contribution in [0.1, 0.15) is 26.2 Å². The van der Waals surface area contributed by atoms with Gasteiger partial charge in [-0.15, -0.1) is 0 Å². The quantitative estimate of drug-likeness (QED) is 0.537. The van der Waals surface area contributed by atoms with E-state index in [1.54, 1.807) is 0 Å². The van der Waals surface area contributed by atoms with Gasteiger partial charge >= 0.3 is 5.97 Å². The van der Waals surface area contributed by atoms with E-state index in [1.807, 2.05) is 6.92 Å². The molecule has 0 radical (unpaired) electrons. The van der Waals surface area contributed by atoms with Gasteiger partial charge in [0, 0.05) is 6.54 Å². The number of amides is 1. The molecule has 0 aromatic carbocycles. The van der Waals surface area contributed by atoms with Crippen LogP contribution in [0, 0.1) is 0 Å². The van der Waals surface area contributed by atoms with Crippen molar-refractivity contribution in [2.24, 2.45) is 0 Å². The number of rotatable bonds is 7. The van der Waals surface area contributed by atoms with Gasteiger partial charge in [-0.05, 0) is 25.8 Å². The van der Waals surface area contributed by atoms with Crippen LogP contribution in [0.3, 0.4) is 0 Å². The van der Waals surface area contributed by atoms with E-state index >= 15 is 0 Å². The fourth-order valence-electron chi connectivity index (χ4n) is 2.03. The van der Waals surface area contributed by atoms with Crippen LogP contribution in [-0.2, 0) is 14.3 Å². The lowest BCUT2D eigenvalue weighted by molar-refractivity contribution is -0.142. The maximum atomic E-state index is 11.9. The number of ether oxygens (including phenoxy) is 1. The lowest BCUT2D eigenvalue weighted by Crippen LogP contribution is -2.53. The third-order valence-corrected chi connectivity index (χ3v) is 3.04. The molecule has 1 aliphatic rings. The third kappa shape index (κ3) is 3.98. The highest BCUT2D eigenvalue weighted by Gasteiger charge is 2.38. The van der Waals surface area contributed by atoms with Gasteiger partial charge in [0.25, 0.3) is 0 Å². The number of aliphatic carboxylic acids is 1. The van der Waals surface area contributed by atoms with Crippen LogP contribution in [0.5, 0.6) is 0 Å². The lowest BCUT2D eigenvalue weighted by Gasteiger charge is -2.26. The van der Waals surface area contributed by atoms with E-state index in [9.17, 15) is 9.59 Å². The van der Waals surface area contributed by atoms with Gasteiger partial charge in [0.05, 0.1) is 12.1 Å². The Labute approximate surface area is 101 Å². The number of carboxylic acid groups (broad SMARTS) is 1. The molecule has 0 spiro atoms. The lowest BCUT2D eigenvalue weighted by atomic mass is 9.93. The van der Waals surface area contributed by atoms with Crippen LogP contribution in [0.4, 0.5) is 0 Å². The first-order valence-electron chi connectivity index (χ1n) is 5.93. The highest BCUT2D eigenvalue weighted by molar-refractivity contribution is 5.86. The molecule has 1 unspecified atom stereocenters. The van der Waals surface area contributed by atoms with Gasteiger partial charge in [-0.3, -0.25) is 4.79 Å². The Morgan fingerprint density at radius 2 is 2.29 bits per heavy atom. The Kier molecular flexibility index (Phi) is 5.37. The third-order valence-electron chi connectivity index (χ3n) is 3.04. The summed E-state index contributed by atoms with van der Waals surface area (Å²) in [5, 5.41) is 14.4. The van der Waals surface area contributed by atoms with Crippen LogP contribution in [0.25, 0.3) is 0 Å². The van der Waals surface area contributed by atoms with E-state index in [-0.39, 0.29) is 19.1 Å². The first kappa shape index (κ1) is 13.9. The van der Waals surface area contributed by atoms with Crippen molar-refractivity contribution < 1.29 is 19.4 Å². The minimum absolute atomic E-state index is 0.0172. The summed E-state index contributed by atoms with van der Waals surface area (Å²) in [4.78, 5) is 22.1. The summed E-state index contributed by atoms with van der Waals surface area (Å²) in [5.41, 5.74) is -0.438. The highest BCUT2D eigenvalue weighted by atomic mass is 16.5. The molecule has 17 heavy (non-hydrogen) atoms. The number of carbonyl (C=O) groups is 2. The molecule has 0 aromatic rings. The number of hydrogen-bond donors (Lipinski definition) is 3. The van der Waals surface area contributed by atoms with Gasteiger partial charge < -0.3 is 20.5 Å². The molecule has 1 heterocycles. The van der Waals surface area contributed by atoms with E-state index in [2.05, 4.69) is 10.6 Å². The number of carboxylic acids is 1. The Hall–Kier alpha value is -1.14. The molecule has 6 heteroatoms. The van der Waals surface area contributed by atoms with Crippen molar-refractivity contribution in [3.8, 4) is 0 Å². The summed E-state index contributed by atoms with van der Waals surface area (Å²) in [5.74, 6) is -1.02. The van der Waals surface area contributed by atoms with Gasteiger partial charge in [0.2, 0.25) is 5.91 Å². The van der Waals surface area contributed by atoms with Crippen LogP contribution in [-0.4, -0.2) is 48.8 Å². The van der Waals surface area contributed by atoms with Crippen molar-refractivity contribution in [1.82, 2.24) is 10.6 Å². The molecular formula is C11H20N2O4. The zero-order valence-electron chi connectivity index (χ0n) is 10.1. The predicted molar refractivity (Wildman–Crippen MR) is 61.7 cm³/mol. The molecule has 1 fully saturated rings. The smallest absolute Gasteiger partial charge is 0.329 e. The minimum atomic E-state index is -1.00. The number of nitrogens with one attached hydrogen (secondary N) is 2. The van der Waals surface area contributed by atoms with Crippen LogP contribution < -0.4 is 10.6 Å². The second kappa shape index (κ2) is 6.56. The van der Waals surface area contributed by atoms with E-state index < -0.39 is 11.5 Å². The standard InChI is InChI=1S/C11H20N2O4/c1-2-11(4-3-5-13-11)10(16)12-6-7-17-8-9(14)15/h13H,2-8H2,1H3,(H,12,16)(H,14,15). The minimum Gasteiger partial charge on any atom is -0.480 e. The van der Waals surface area contributed by atoms with Crippen LogP contribution in [0.2, 0.25) is 0 Å². The second-order valence-electron chi connectivity index (χ2n) is 4.17. The molecule has 0 aromatic heterocycles. The first-order valence-corrected chi connectivity index (χ1v) is 5.93. The zero-order chi connectivity index (χ0) is 12.7. The maximum Gasteiger partial charge on any atom is 0.329 e. The molecule has 0 bridgehead atoms. The fourth-order valence-corrected chi connectivity index (χ4v) is 2.03. The molecule has 6 nitrogen and oxygen atoms in total. The van der Waals surface area contributed by atoms with E-state index in [4.69, 9.17) is 9.84 Å². The van der Waals surface area contributed by atoms with Crippen molar-refractivity contribution in [1.29, 1.82) is 0 Å². The normalized spacial score (nSPS) is 23.6. The van der Waals surface area contributed by atoms with Crippen molar-refractivity contribution in [2.75, 3.05) is 26.3 Å². The topological polar surface area (TPSA) is 87.7 Å². The van der Waals surface area contributed by atoms with Crippen LogP contribution >= 0.6 is 0 Å². The Bertz CT molecular complexity index is 275. The molecule has 1 aliphatic heterocycles. The largest absolute Gasteiger partial charge is 0.480 e. The molecule has 1 rings (SSSR count). The predicted octanol–water partition coefficient (Wildman–Crippen LogP) is -0.264. The van der Waals surface area contributed by atoms with E-state index in [0.29, 0.717) is 6.54 Å². The molecule has 1 atom stereocenters. The molecule has 0 saturated carbocycles. The van der Waals surface area contributed by atoms with Crippen LogP contribution in [0.15, 0.2) is 0 Å². The molecule has 1 saturated heterocycles. The molecular weight excluding hydrogens is 224 g/mol. The van der Waals surface area contributed by atoms with Crippen molar-refractivity contribution >= 4 is 11.9 Å². The molecule has 1 amide bonds. The Morgan fingerprint density at radius 3 is 2.82 bits per heavy atom.